The van der Waals surface area contributed by atoms with Crippen LogP contribution in [0.15, 0.2) is 0 Å². The van der Waals surface area contributed by atoms with Crippen molar-refractivity contribution >= 4 is 5.97 Å². The largest absolute Gasteiger partial charge is 0.468 e. The standard InChI is InChI=1S/C16H30N2O3/c1-4-17-16(15(19)20-3)8-5-6-14(16)7-9-18-10-11-21-13(2)12-18/h13-14,17H,4-12H2,1-3H3. The normalized spacial score (nSPS) is 34.0. The number of methoxy groups -OCH3 is 1. The maximum absolute atomic E-state index is 12.3. The molecule has 0 aromatic heterocycles. The summed E-state index contributed by atoms with van der Waals surface area (Å²) in [7, 11) is 1.50. The molecule has 3 unspecified atom stereocenters. The predicted molar refractivity (Wildman–Crippen MR) is 82.2 cm³/mol. The lowest BCUT2D eigenvalue weighted by Gasteiger charge is -2.36. The molecule has 0 aromatic rings. The van der Waals surface area contributed by atoms with Gasteiger partial charge in [-0.3, -0.25) is 9.69 Å². The molecular formula is C16H30N2O3. The Bertz CT molecular complexity index is 350. The van der Waals surface area contributed by atoms with Crippen LogP contribution in [0.1, 0.15) is 39.5 Å². The van der Waals surface area contributed by atoms with Gasteiger partial charge in [0.25, 0.3) is 0 Å². The third kappa shape index (κ3) is 3.76. The Morgan fingerprint density at radius 3 is 3.00 bits per heavy atom. The maximum Gasteiger partial charge on any atom is 0.326 e. The Morgan fingerprint density at radius 2 is 2.33 bits per heavy atom. The summed E-state index contributed by atoms with van der Waals surface area (Å²) in [6.45, 7) is 8.86. The van der Waals surface area contributed by atoms with Gasteiger partial charge < -0.3 is 14.8 Å². The van der Waals surface area contributed by atoms with Crippen LogP contribution in [0.4, 0.5) is 0 Å². The smallest absolute Gasteiger partial charge is 0.326 e. The van der Waals surface area contributed by atoms with Crippen molar-refractivity contribution in [1.29, 1.82) is 0 Å². The van der Waals surface area contributed by atoms with Gasteiger partial charge >= 0.3 is 5.97 Å². The van der Waals surface area contributed by atoms with Gasteiger partial charge in [0.05, 0.1) is 19.8 Å². The second-order valence-corrected chi connectivity index (χ2v) is 6.35. The molecule has 5 nitrogen and oxygen atoms in total. The number of nitrogens with one attached hydrogen (secondary N) is 1. The van der Waals surface area contributed by atoms with Gasteiger partial charge in [-0.05, 0) is 45.2 Å². The SMILES string of the molecule is CCNC1(C(=O)OC)CCCC1CCN1CCOC(C)C1. The summed E-state index contributed by atoms with van der Waals surface area (Å²) in [5, 5.41) is 3.44. The van der Waals surface area contributed by atoms with E-state index in [9.17, 15) is 4.79 Å². The number of rotatable bonds is 6. The van der Waals surface area contributed by atoms with Crippen molar-refractivity contribution in [2.45, 2.75) is 51.2 Å². The molecule has 2 rings (SSSR count). The van der Waals surface area contributed by atoms with E-state index < -0.39 is 5.54 Å². The summed E-state index contributed by atoms with van der Waals surface area (Å²) in [6.07, 6.45) is 4.49. The molecule has 2 fully saturated rings. The first-order valence-electron chi connectivity index (χ1n) is 8.29. The van der Waals surface area contributed by atoms with E-state index in [1.807, 2.05) is 0 Å². The number of likely N-dealkylation sites (N-methyl/N-ethyl adjacent to an activating group) is 1. The molecule has 2 aliphatic rings. The highest BCUT2D eigenvalue weighted by atomic mass is 16.5. The topological polar surface area (TPSA) is 50.8 Å². The molecule has 0 radical (unpaired) electrons. The lowest BCUT2D eigenvalue weighted by atomic mass is 9.84. The third-order valence-corrected chi connectivity index (χ3v) is 4.98. The molecule has 0 aromatic carbocycles. The summed E-state index contributed by atoms with van der Waals surface area (Å²) < 4.78 is 10.7. The van der Waals surface area contributed by atoms with Gasteiger partial charge in [-0.25, -0.2) is 0 Å². The second-order valence-electron chi connectivity index (χ2n) is 6.35. The summed E-state index contributed by atoms with van der Waals surface area (Å²) in [6, 6.07) is 0. The van der Waals surface area contributed by atoms with Crippen molar-refractivity contribution in [3.8, 4) is 0 Å². The molecule has 122 valence electrons. The number of esters is 1. The van der Waals surface area contributed by atoms with Crippen LogP contribution in [-0.2, 0) is 14.3 Å². The minimum Gasteiger partial charge on any atom is -0.468 e. The van der Waals surface area contributed by atoms with Crippen molar-refractivity contribution < 1.29 is 14.3 Å². The van der Waals surface area contributed by atoms with Gasteiger partial charge in [0, 0.05) is 13.1 Å². The molecular weight excluding hydrogens is 268 g/mol. The Hall–Kier alpha value is -0.650. The zero-order valence-corrected chi connectivity index (χ0v) is 13.7. The summed E-state index contributed by atoms with van der Waals surface area (Å²) in [5.74, 6) is 0.297. The van der Waals surface area contributed by atoms with E-state index >= 15 is 0 Å². The lowest BCUT2D eigenvalue weighted by molar-refractivity contribution is -0.150. The van der Waals surface area contributed by atoms with Crippen LogP contribution >= 0.6 is 0 Å². The van der Waals surface area contributed by atoms with Crippen LogP contribution in [0, 0.1) is 5.92 Å². The van der Waals surface area contributed by atoms with Gasteiger partial charge in [0.1, 0.15) is 5.54 Å². The number of hydrogen-bond acceptors (Lipinski definition) is 5. The van der Waals surface area contributed by atoms with Crippen LogP contribution < -0.4 is 5.32 Å². The molecule has 0 amide bonds. The first kappa shape index (κ1) is 16.7. The molecule has 3 atom stereocenters. The minimum atomic E-state index is -0.457. The van der Waals surface area contributed by atoms with Gasteiger partial charge in [-0.2, -0.15) is 0 Å². The van der Waals surface area contributed by atoms with Crippen LogP contribution in [-0.4, -0.2) is 62.4 Å². The molecule has 0 bridgehead atoms. The maximum atomic E-state index is 12.3. The van der Waals surface area contributed by atoms with Crippen LogP contribution in [0.25, 0.3) is 0 Å². The monoisotopic (exact) mass is 298 g/mol. The fourth-order valence-electron chi connectivity index (χ4n) is 3.97. The van der Waals surface area contributed by atoms with Crippen LogP contribution in [0.3, 0.4) is 0 Å². The zero-order chi connectivity index (χ0) is 15.3. The lowest BCUT2D eigenvalue weighted by Crippen LogP contribution is -2.56. The highest BCUT2D eigenvalue weighted by molar-refractivity contribution is 5.81. The van der Waals surface area contributed by atoms with Crippen molar-refractivity contribution in [3.05, 3.63) is 0 Å². The second kappa shape index (κ2) is 7.56. The van der Waals surface area contributed by atoms with Crippen molar-refractivity contribution in [2.75, 3.05) is 39.9 Å². The van der Waals surface area contributed by atoms with E-state index in [-0.39, 0.29) is 5.97 Å². The van der Waals surface area contributed by atoms with Gasteiger partial charge in [0.15, 0.2) is 0 Å². The summed E-state index contributed by atoms with van der Waals surface area (Å²) in [5.41, 5.74) is -0.457. The summed E-state index contributed by atoms with van der Waals surface area (Å²) >= 11 is 0. The molecule has 1 aliphatic heterocycles. The average molecular weight is 298 g/mol. The molecule has 0 spiro atoms. The average Bonchev–Trinajstić information content (AvgIpc) is 2.89. The van der Waals surface area contributed by atoms with Crippen molar-refractivity contribution in [3.63, 3.8) is 0 Å². The van der Waals surface area contributed by atoms with E-state index in [1.165, 1.54) is 7.11 Å². The number of carbonyl (C=O) groups is 1. The van der Waals surface area contributed by atoms with E-state index in [4.69, 9.17) is 9.47 Å². The Balaban J connectivity index is 1.95. The van der Waals surface area contributed by atoms with Gasteiger partial charge in [0.2, 0.25) is 0 Å². The molecule has 1 aliphatic carbocycles. The Kier molecular flexibility index (Phi) is 6.02. The number of nitrogens with zero attached hydrogens (tertiary/aromatic N) is 1. The number of ether oxygens (including phenoxy) is 2. The number of hydrogen-bond donors (Lipinski definition) is 1. The molecule has 1 heterocycles. The number of morpholine rings is 1. The molecule has 5 heteroatoms. The van der Waals surface area contributed by atoms with E-state index in [1.54, 1.807) is 0 Å². The Morgan fingerprint density at radius 1 is 1.52 bits per heavy atom. The van der Waals surface area contributed by atoms with E-state index in [2.05, 4.69) is 24.1 Å². The first-order chi connectivity index (χ1) is 10.1. The van der Waals surface area contributed by atoms with Crippen molar-refractivity contribution in [2.24, 2.45) is 5.92 Å². The highest BCUT2D eigenvalue weighted by Gasteiger charge is 2.49. The first-order valence-corrected chi connectivity index (χ1v) is 8.29. The van der Waals surface area contributed by atoms with Crippen LogP contribution in [0.2, 0.25) is 0 Å². The molecule has 21 heavy (non-hydrogen) atoms. The third-order valence-electron chi connectivity index (χ3n) is 4.98. The quantitative estimate of drug-likeness (QED) is 0.752. The fourth-order valence-corrected chi connectivity index (χ4v) is 3.97. The molecule has 1 N–H and O–H groups in total. The van der Waals surface area contributed by atoms with E-state index in [0.717, 1.165) is 58.5 Å². The Labute approximate surface area is 128 Å². The fraction of sp³-hybridized carbons (Fsp3) is 0.938. The zero-order valence-electron chi connectivity index (χ0n) is 13.7. The van der Waals surface area contributed by atoms with Crippen LogP contribution in [0.5, 0.6) is 0 Å². The molecule has 1 saturated heterocycles. The highest BCUT2D eigenvalue weighted by Crippen LogP contribution is 2.39. The predicted octanol–water partition coefficient (Wildman–Crippen LogP) is 1.42. The number of carbonyl (C=O) groups excluding carboxylic acids is 1. The molecule has 1 saturated carbocycles. The summed E-state index contributed by atoms with van der Waals surface area (Å²) in [4.78, 5) is 14.8. The van der Waals surface area contributed by atoms with Gasteiger partial charge in [-0.15, -0.1) is 0 Å². The van der Waals surface area contributed by atoms with Crippen molar-refractivity contribution in [1.82, 2.24) is 10.2 Å². The minimum absolute atomic E-state index is 0.0813. The van der Waals surface area contributed by atoms with E-state index in [0.29, 0.717) is 12.0 Å². The van der Waals surface area contributed by atoms with Gasteiger partial charge in [-0.1, -0.05) is 13.3 Å².